The van der Waals surface area contributed by atoms with Crippen LogP contribution in [0.1, 0.15) is 25.0 Å². The maximum absolute atomic E-state index is 13.0. The Hall–Kier alpha value is -1.01. The summed E-state index contributed by atoms with van der Waals surface area (Å²) in [6, 6.07) is 6.47. The Morgan fingerprint density at radius 1 is 1.10 bits per heavy atom. The third kappa shape index (κ3) is 8.12. The second-order valence-electron chi connectivity index (χ2n) is 4.68. The van der Waals surface area contributed by atoms with Crippen LogP contribution in [0.4, 0.5) is 4.39 Å². The SMILES string of the molecule is CCNCC(OCCCOCCOC)c1ccc(F)cc1. The summed E-state index contributed by atoms with van der Waals surface area (Å²) < 4.78 is 29.1. The first-order valence-corrected chi connectivity index (χ1v) is 7.42. The molecule has 1 aromatic rings. The van der Waals surface area contributed by atoms with Gasteiger partial charge in [0, 0.05) is 26.9 Å². The van der Waals surface area contributed by atoms with Crippen molar-refractivity contribution < 1.29 is 18.6 Å². The van der Waals surface area contributed by atoms with Gasteiger partial charge in [0.05, 0.1) is 19.3 Å². The first-order valence-electron chi connectivity index (χ1n) is 7.42. The summed E-state index contributed by atoms with van der Waals surface area (Å²) in [5.41, 5.74) is 0.984. The molecule has 21 heavy (non-hydrogen) atoms. The predicted molar refractivity (Wildman–Crippen MR) is 80.9 cm³/mol. The van der Waals surface area contributed by atoms with Gasteiger partial charge in [-0.1, -0.05) is 19.1 Å². The second kappa shape index (κ2) is 11.6. The molecule has 1 N–H and O–H groups in total. The maximum Gasteiger partial charge on any atom is 0.123 e. The molecule has 1 aromatic carbocycles. The normalized spacial score (nSPS) is 12.5. The molecule has 5 heteroatoms. The summed E-state index contributed by atoms with van der Waals surface area (Å²) in [6.07, 6.45) is 0.762. The number of hydrogen-bond donors (Lipinski definition) is 1. The van der Waals surface area contributed by atoms with Crippen LogP contribution in [0.5, 0.6) is 0 Å². The highest BCUT2D eigenvalue weighted by Gasteiger charge is 2.11. The van der Waals surface area contributed by atoms with Gasteiger partial charge in [0.25, 0.3) is 0 Å². The Morgan fingerprint density at radius 3 is 2.52 bits per heavy atom. The smallest absolute Gasteiger partial charge is 0.123 e. The lowest BCUT2D eigenvalue weighted by Crippen LogP contribution is -2.23. The number of nitrogens with one attached hydrogen (secondary N) is 1. The molecule has 4 nitrogen and oxygen atoms in total. The van der Waals surface area contributed by atoms with Crippen LogP contribution >= 0.6 is 0 Å². The number of rotatable bonds is 12. The van der Waals surface area contributed by atoms with Crippen molar-refractivity contribution in [1.82, 2.24) is 5.32 Å². The van der Waals surface area contributed by atoms with Gasteiger partial charge in [-0.25, -0.2) is 4.39 Å². The van der Waals surface area contributed by atoms with Crippen molar-refractivity contribution in [3.05, 3.63) is 35.6 Å². The largest absolute Gasteiger partial charge is 0.382 e. The molecule has 1 rings (SSSR count). The lowest BCUT2D eigenvalue weighted by atomic mass is 10.1. The van der Waals surface area contributed by atoms with Gasteiger partial charge in [0.2, 0.25) is 0 Å². The van der Waals surface area contributed by atoms with Crippen molar-refractivity contribution in [1.29, 1.82) is 0 Å². The molecule has 0 amide bonds. The van der Waals surface area contributed by atoms with Crippen molar-refractivity contribution in [2.24, 2.45) is 0 Å². The van der Waals surface area contributed by atoms with Crippen LogP contribution in [-0.4, -0.2) is 46.6 Å². The molecular weight excluding hydrogens is 273 g/mol. The van der Waals surface area contributed by atoms with Crippen LogP contribution in [0.3, 0.4) is 0 Å². The van der Waals surface area contributed by atoms with Crippen molar-refractivity contribution in [3.8, 4) is 0 Å². The summed E-state index contributed by atoms with van der Waals surface area (Å²) >= 11 is 0. The van der Waals surface area contributed by atoms with Gasteiger partial charge in [0.15, 0.2) is 0 Å². The van der Waals surface area contributed by atoms with Crippen LogP contribution in [0.15, 0.2) is 24.3 Å². The third-order valence-corrected chi connectivity index (χ3v) is 3.01. The van der Waals surface area contributed by atoms with Gasteiger partial charge in [-0.05, 0) is 30.7 Å². The van der Waals surface area contributed by atoms with E-state index in [0.29, 0.717) is 33.0 Å². The van der Waals surface area contributed by atoms with E-state index in [1.165, 1.54) is 12.1 Å². The van der Waals surface area contributed by atoms with Gasteiger partial charge in [0.1, 0.15) is 5.82 Å². The average molecular weight is 299 g/mol. The fourth-order valence-corrected chi connectivity index (χ4v) is 1.86. The summed E-state index contributed by atoms with van der Waals surface area (Å²) in [5, 5.41) is 3.26. The number of halogens is 1. The molecule has 0 bridgehead atoms. The molecule has 120 valence electrons. The number of hydrogen-bond acceptors (Lipinski definition) is 4. The zero-order valence-corrected chi connectivity index (χ0v) is 12.9. The highest BCUT2D eigenvalue weighted by atomic mass is 19.1. The van der Waals surface area contributed by atoms with Crippen LogP contribution in [0.25, 0.3) is 0 Å². The van der Waals surface area contributed by atoms with Crippen LogP contribution in [-0.2, 0) is 14.2 Å². The van der Waals surface area contributed by atoms with E-state index < -0.39 is 0 Å². The number of methoxy groups -OCH3 is 1. The highest BCUT2D eigenvalue weighted by Crippen LogP contribution is 2.17. The predicted octanol–water partition coefficient (Wildman–Crippen LogP) is 2.55. The lowest BCUT2D eigenvalue weighted by molar-refractivity contribution is 0.0231. The summed E-state index contributed by atoms with van der Waals surface area (Å²) in [4.78, 5) is 0. The summed E-state index contributed by atoms with van der Waals surface area (Å²) in [5.74, 6) is -0.229. The Kier molecular flexibility index (Phi) is 9.99. The zero-order chi connectivity index (χ0) is 15.3. The zero-order valence-electron chi connectivity index (χ0n) is 12.9. The molecule has 0 aliphatic rings. The molecule has 0 heterocycles. The molecule has 0 saturated heterocycles. The quantitative estimate of drug-likeness (QED) is 0.602. The third-order valence-electron chi connectivity index (χ3n) is 3.01. The average Bonchev–Trinajstić information content (AvgIpc) is 2.50. The molecule has 0 radical (unpaired) electrons. The van der Waals surface area contributed by atoms with Crippen molar-refractivity contribution in [3.63, 3.8) is 0 Å². The molecule has 0 aliphatic carbocycles. The molecule has 0 aliphatic heterocycles. The van der Waals surface area contributed by atoms with Crippen LogP contribution in [0, 0.1) is 5.82 Å². The Balaban J connectivity index is 2.31. The molecular formula is C16H26FNO3. The Morgan fingerprint density at radius 2 is 1.86 bits per heavy atom. The van der Waals surface area contributed by atoms with Crippen molar-refractivity contribution >= 4 is 0 Å². The van der Waals surface area contributed by atoms with E-state index in [-0.39, 0.29) is 11.9 Å². The number of likely N-dealkylation sites (N-methyl/N-ethyl adjacent to an activating group) is 1. The van der Waals surface area contributed by atoms with E-state index in [1.807, 2.05) is 6.92 Å². The highest BCUT2D eigenvalue weighted by molar-refractivity contribution is 5.19. The minimum absolute atomic E-state index is 0.0653. The Bertz CT molecular complexity index is 359. The number of ether oxygens (including phenoxy) is 3. The molecule has 0 saturated carbocycles. The van der Waals surface area contributed by atoms with Crippen LogP contribution in [0.2, 0.25) is 0 Å². The topological polar surface area (TPSA) is 39.7 Å². The van der Waals surface area contributed by atoms with E-state index in [0.717, 1.165) is 18.5 Å². The van der Waals surface area contributed by atoms with E-state index >= 15 is 0 Å². The molecule has 0 fully saturated rings. The van der Waals surface area contributed by atoms with Gasteiger partial charge < -0.3 is 19.5 Å². The van der Waals surface area contributed by atoms with Crippen molar-refractivity contribution in [2.75, 3.05) is 46.6 Å². The first-order chi connectivity index (χ1) is 10.3. The fourth-order valence-electron chi connectivity index (χ4n) is 1.86. The van der Waals surface area contributed by atoms with Gasteiger partial charge in [-0.15, -0.1) is 0 Å². The van der Waals surface area contributed by atoms with E-state index in [1.54, 1.807) is 19.2 Å². The molecule has 1 atom stereocenters. The summed E-state index contributed by atoms with van der Waals surface area (Å²) in [6.45, 7) is 6.12. The lowest BCUT2D eigenvalue weighted by Gasteiger charge is -2.19. The summed E-state index contributed by atoms with van der Waals surface area (Å²) in [7, 11) is 1.65. The van der Waals surface area contributed by atoms with E-state index in [4.69, 9.17) is 14.2 Å². The molecule has 1 unspecified atom stereocenters. The van der Waals surface area contributed by atoms with Gasteiger partial charge >= 0.3 is 0 Å². The number of benzene rings is 1. The Labute approximate surface area is 126 Å². The molecule has 0 aromatic heterocycles. The van der Waals surface area contributed by atoms with Crippen LogP contribution < -0.4 is 5.32 Å². The van der Waals surface area contributed by atoms with Crippen molar-refractivity contribution in [2.45, 2.75) is 19.4 Å². The second-order valence-corrected chi connectivity index (χ2v) is 4.68. The monoisotopic (exact) mass is 299 g/mol. The minimum atomic E-state index is -0.229. The van der Waals surface area contributed by atoms with Gasteiger partial charge in [-0.3, -0.25) is 0 Å². The maximum atomic E-state index is 13.0. The first kappa shape index (κ1) is 18.0. The van der Waals surface area contributed by atoms with E-state index in [2.05, 4.69) is 5.32 Å². The fraction of sp³-hybridized carbons (Fsp3) is 0.625. The molecule has 0 spiro atoms. The van der Waals surface area contributed by atoms with Gasteiger partial charge in [-0.2, -0.15) is 0 Å². The standard InChI is InChI=1S/C16H26FNO3/c1-3-18-13-16(14-5-7-15(17)8-6-14)21-10-4-9-20-12-11-19-2/h5-8,16,18H,3-4,9-13H2,1-2H3. The minimum Gasteiger partial charge on any atom is -0.382 e. The van der Waals surface area contributed by atoms with E-state index in [9.17, 15) is 4.39 Å².